The molecule has 0 radical (unpaired) electrons. The predicted octanol–water partition coefficient (Wildman–Crippen LogP) is 2.12. The van der Waals surface area contributed by atoms with Crippen LogP contribution in [0.15, 0.2) is 60.3 Å². The van der Waals surface area contributed by atoms with Gasteiger partial charge in [-0.15, -0.1) is 0 Å². The van der Waals surface area contributed by atoms with Crippen LogP contribution in [0.2, 0.25) is 0 Å². The van der Waals surface area contributed by atoms with Gasteiger partial charge in [-0.05, 0) is 12.1 Å². The summed E-state index contributed by atoms with van der Waals surface area (Å²) in [5.74, 6) is -1.74. The molecule has 1 unspecified atom stereocenters. The highest BCUT2D eigenvalue weighted by atomic mass is 16.7. The molecule has 7 nitrogen and oxygen atoms in total. The van der Waals surface area contributed by atoms with Gasteiger partial charge < -0.3 is 19.5 Å². The van der Waals surface area contributed by atoms with Crippen molar-refractivity contribution in [3.63, 3.8) is 0 Å². The third-order valence-corrected chi connectivity index (χ3v) is 4.43. The van der Waals surface area contributed by atoms with Crippen molar-refractivity contribution in [1.29, 1.82) is 0 Å². The third-order valence-electron chi connectivity index (χ3n) is 4.43. The van der Waals surface area contributed by atoms with E-state index in [0.29, 0.717) is 11.3 Å². The lowest BCUT2D eigenvalue weighted by molar-refractivity contribution is -0.149. The van der Waals surface area contributed by atoms with Crippen molar-refractivity contribution in [2.75, 3.05) is 20.8 Å². The molecule has 7 heteroatoms. The summed E-state index contributed by atoms with van der Waals surface area (Å²) in [5, 5.41) is 10.8. The number of carbonyl (C=O) groups is 2. The number of nitrogens with zero attached hydrogens (tertiary/aromatic N) is 2. The van der Waals surface area contributed by atoms with Crippen molar-refractivity contribution >= 4 is 17.4 Å². The molecule has 1 aromatic carbocycles. The number of hydrogen-bond acceptors (Lipinski definition) is 6. The zero-order valence-corrected chi connectivity index (χ0v) is 15.0. The van der Waals surface area contributed by atoms with Crippen molar-refractivity contribution in [2.45, 2.75) is 12.3 Å². The maximum atomic E-state index is 12.8. The first-order valence-corrected chi connectivity index (χ1v) is 8.38. The number of aromatic nitrogens is 1. The van der Waals surface area contributed by atoms with Crippen molar-refractivity contribution in [3.8, 4) is 0 Å². The fourth-order valence-corrected chi connectivity index (χ4v) is 3.07. The lowest BCUT2D eigenvalue weighted by atomic mass is 9.98. The van der Waals surface area contributed by atoms with Gasteiger partial charge >= 0.3 is 0 Å². The number of aliphatic hydroxyl groups excluding tert-OH is 1. The van der Waals surface area contributed by atoms with Gasteiger partial charge in [0.05, 0.1) is 17.8 Å². The van der Waals surface area contributed by atoms with Gasteiger partial charge in [0.2, 0.25) is 0 Å². The zero-order chi connectivity index (χ0) is 19.4. The van der Waals surface area contributed by atoms with Gasteiger partial charge in [0.25, 0.3) is 11.7 Å². The summed E-state index contributed by atoms with van der Waals surface area (Å²) < 4.78 is 10.4. The Morgan fingerprint density at radius 3 is 2.37 bits per heavy atom. The molecule has 27 heavy (non-hydrogen) atoms. The number of methoxy groups -OCH3 is 2. The van der Waals surface area contributed by atoms with Gasteiger partial charge in [-0.25, -0.2) is 0 Å². The highest BCUT2D eigenvalue weighted by molar-refractivity contribution is 6.46. The first-order chi connectivity index (χ1) is 13.1. The molecule has 3 rings (SSSR count). The molecule has 0 spiro atoms. The summed E-state index contributed by atoms with van der Waals surface area (Å²) in [6, 6.07) is 13.0. The first kappa shape index (κ1) is 18.8. The predicted molar refractivity (Wildman–Crippen MR) is 97.5 cm³/mol. The van der Waals surface area contributed by atoms with Crippen LogP contribution in [0.25, 0.3) is 5.76 Å². The highest BCUT2D eigenvalue weighted by Gasteiger charge is 2.47. The summed E-state index contributed by atoms with van der Waals surface area (Å²) in [4.78, 5) is 31.1. The summed E-state index contributed by atoms with van der Waals surface area (Å²) >= 11 is 0. The van der Waals surface area contributed by atoms with Crippen LogP contribution in [0.3, 0.4) is 0 Å². The normalized spacial score (nSPS) is 19.1. The minimum Gasteiger partial charge on any atom is -0.507 e. The first-order valence-electron chi connectivity index (χ1n) is 8.38. The Balaban J connectivity index is 2.14. The summed E-state index contributed by atoms with van der Waals surface area (Å²) in [5.41, 5.74) is 0.919. The summed E-state index contributed by atoms with van der Waals surface area (Å²) in [6.07, 6.45) is 0.855. The minimum absolute atomic E-state index is 0.00384. The number of likely N-dealkylation sites (tertiary alicyclic amines) is 1. The molecule has 1 fully saturated rings. The van der Waals surface area contributed by atoms with Crippen molar-refractivity contribution in [3.05, 3.63) is 71.6 Å². The van der Waals surface area contributed by atoms with Crippen LogP contribution in [-0.2, 0) is 19.1 Å². The van der Waals surface area contributed by atoms with E-state index in [1.54, 1.807) is 54.7 Å². The fraction of sp³-hybridized carbons (Fsp3) is 0.250. The molecule has 140 valence electrons. The quantitative estimate of drug-likeness (QED) is 0.364. The Kier molecular flexibility index (Phi) is 5.63. The third kappa shape index (κ3) is 3.60. The Labute approximate surface area is 156 Å². The van der Waals surface area contributed by atoms with Gasteiger partial charge in [-0.1, -0.05) is 36.4 Å². The van der Waals surface area contributed by atoms with Gasteiger partial charge in [0.15, 0.2) is 6.29 Å². The van der Waals surface area contributed by atoms with Gasteiger partial charge in [0, 0.05) is 26.0 Å². The number of pyridine rings is 1. The van der Waals surface area contributed by atoms with Crippen LogP contribution in [0, 0.1) is 0 Å². The number of ether oxygens (including phenoxy) is 2. The van der Waals surface area contributed by atoms with E-state index in [4.69, 9.17) is 9.47 Å². The maximum absolute atomic E-state index is 12.8. The fourth-order valence-electron chi connectivity index (χ4n) is 3.07. The topological polar surface area (TPSA) is 89.0 Å². The van der Waals surface area contributed by atoms with Crippen LogP contribution < -0.4 is 0 Å². The molecular formula is C20H20N2O5. The summed E-state index contributed by atoms with van der Waals surface area (Å²) in [7, 11) is 2.90. The van der Waals surface area contributed by atoms with E-state index in [1.807, 2.05) is 0 Å². The van der Waals surface area contributed by atoms with Crippen LogP contribution >= 0.6 is 0 Å². The number of carbonyl (C=O) groups excluding carboxylic acids is 2. The number of amides is 1. The number of aliphatic hydroxyl groups is 1. The van der Waals surface area contributed by atoms with E-state index in [1.165, 1.54) is 19.1 Å². The summed E-state index contributed by atoms with van der Waals surface area (Å²) in [6.45, 7) is 0.0182. The second kappa shape index (κ2) is 8.11. The zero-order valence-electron chi connectivity index (χ0n) is 15.0. The van der Waals surface area contributed by atoms with E-state index in [2.05, 4.69) is 4.98 Å². The van der Waals surface area contributed by atoms with E-state index < -0.39 is 24.0 Å². The Morgan fingerprint density at radius 2 is 1.78 bits per heavy atom. The molecular weight excluding hydrogens is 348 g/mol. The Morgan fingerprint density at radius 1 is 1.11 bits per heavy atom. The monoisotopic (exact) mass is 368 g/mol. The van der Waals surface area contributed by atoms with Crippen molar-refractivity contribution in [1.82, 2.24) is 9.88 Å². The number of rotatable bonds is 6. The maximum Gasteiger partial charge on any atom is 0.295 e. The molecule has 2 aromatic rings. The average molecular weight is 368 g/mol. The molecule has 1 aliphatic rings. The molecule has 1 N–H and O–H groups in total. The smallest absolute Gasteiger partial charge is 0.295 e. The molecule has 0 aliphatic carbocycles. The second-order valence-corrected chi connectivity index (χ2v) is 5.97. The lowest BCUT2D eigenvalue weighted by Crippen LogP contribution is -2.38. The van der Waals surface area contributed by atoms with Gasteiger partial charge in [-0.3, -0.25) is 14.6 Å². The molecule has 1 aliphatic heterocycles. The molecule has 1 amide bonds. The highest BCUT2D eigenvalue weighted by Crippen LogP contribution is 2.38. The van der Waals surface area contributed by atoms with Crippen molar-refractivity contribution < 1.29 is 24.2 Å². The largest absolute Gasteiger partial charge is 0.507 e. The number of ketones is 1. The number of Topliss-reactive ketones (excluding diaryl/α,β-unsaturated/α-hetero) is 1. The van der Waals surface area contributed by atoms with E-state index in [9.17, 15) is 14.7 Å². The van der Waals surface area contributed by atoms with Crippen LogP contribution in [-0.4, -0.2) is 53.7 Å². The minimum atomic E-state index is -0.834. The number of hydrogen-bond donors (Lipinski definition) is 1. The number of benzene rings is 1. The van der Waals surface area contributed by atoms with Crippen LogP contribution in [0.5, 0.6) is 0 Å². The SMILES string of the molecule is COC(CN1C(=O)C(=O)C(=C(O)c2ccccc2)C1c1ccccn1)OC. The van der Waals surface area contributed by atoms with Crippen LogP contribution in [0.1, 0.15) is 17.3 Å². The standard InChI is InChI=1S/C20H20N2O5/c1-26-15(27-2)12-22-17(14-10-6-7-11-21-14)16(19(24)20(22)25)18(23)13-8-4-3-5-9-13/h3-11,15,17,23H,12H2,1-2H3. The Bertz CT molecular complexity index is 847. The van der Waals surface area contributed by atoms with E-state index in [-0.39, 0.29) is 17.9 Å². The van der Waals surface area contributed by atoms with Crippen molar-refractivity contribution in [2.24, 2.45) is 0 Å². The molecule has 2 heterocycles. The van der Waals surface area contributed by atoms with Gasteiger partial charge in [0.1, 0.15) is 11.8 Å². The molecule has 0 bridgehead atoms. The molecule has 1 aromatic heterocycles. The van der Waals surface area contributed by atoms with E-state index >= 15 is 0 Å². The van der Waals surface area contributed by atoms with E-state index in [0.717, 1.165) is 0 Å². The second-order valence-electron chi connectivity index (χ2n) is 5.97. The van der Waals surface area contributed by atoms with Gasteiger partial charge in [-0.2, -0.15) is 0 Å². The lowest BCUT2D eigenvalue weighted by Gasteiger charge is -2.27. The molecule has 1 atom stereocenters. The Hall–Kier alpha value is -3.03. The van der Waals surface area contributed by atoms with Crippen LogP contribution in [0.4, 0.5) is 0 Å². The average Bonchev–Trinajstić information content (AvgIpc) is 2.97. The molecule has 0 saturated carbocycles. The molecule has 1 saturated heterocycles.